The maximum absolute atomic E-state index is 13.4. The highest BCUT2D eigenvalue weighted by atomic mass is 19.4. The molecule has 0 aliphatic rings. The number of halogens is 3. The quantitative estimate of drug-likeness (QED) is 0.103. The summed E-state index contributed by atoms with van der Waals surface area (Å²) in [5.41, 5.74) is -3.47. The van der Waals surface area contributed by atoms with Crippen molar-refractivity contribution in [2.24, 2.45) is 5.92 Å². The molecule has 5 amide bonds. The van der Waals surface area contributed by atoms with Gasteiger partial charge in [0.15, 0.2) is 0 Å². The molecule has 0 spiro atoms. The summed E-state index contributed by atoms with van der Waals surface area (Å²) < 4.78 is 45.0. The summed E-state index contributed by atoms with van der Waals surface area (Å²) in [5, 5.41) is 39.6. The molecule has 2 aromatic rings. The molecule has 8 N–H and O–H groups in total. The van der Waals surface area contributed by atoms with Crippen molar-refractivity contribution in [3.05, 3.63) is 40.2 Å². The van der Waals surface area contributed by atoms with Crippen LogP contribution in [0.15, 0.2) is 33.5 Å². The minimum atomic E-state index is -4.92. The fourth-order valence-electron chi connectivity index (χ4n) is 4.73. The van der Waals surface area contributed by atoms with Gasteiger partial charge in [-0.05, 0) is 31.4 Å². The molecule has 1 aromatic heterocycles. The Morgan fingerprint density at radius 3 is 1.96 bits per heavy atom. The second kappa shape index (κ2) is 17.9. The van der Waals surface area contributed by atoms with Crippen LogP contribution in [-0.4, -0.2) is 87.1 Å². The van der Waals surface area contributed by atoms with E-state index in [2.05, 4.69) is 26.6 Å². The van der Waals surface area contributed by atoms with Crippen molar-refractivity contribution >= 4 is 58.1 Å². The lowest BCUT2D eigenvalue weighted by atomic mass is 9.97. The number of hydrogen-bond donors (Lipinski definition) is 8. The lowest BCUT2D eigenvalue weighted by molar-refractivity contribution is -0.141. The van der Waals surface area contributed by atoms with Gasteiger partial charge in [0.2, 0.25) is 29.5 Å². The molecule has 0 radical (unpaired) electrons. The van der Waals surface area contributed by atoms with E-state index in [1.807, 2.05) is 0 Å². The predicted octanol–water partition coefficient (Wildman–Crippen LogP) is 0.476. The zero-order chi connectivity index (χ0) is 38.8. The molecule has 0 fully saturated rings. The molecule has 1 aromatic carbocycles. The van der Waals surface area contributed by atoms with E-state index in [9.17, 15) is 66.8 Å². The molecule has 0 aliphatic carbocycles. The Bertz CT molecular complexity index is 1710. The number of hydrogen-bond acceptors (Lipinski definition) is 10. The van der Waals surface area contributed by atoms with E-state index in [1.54, 1.807) is 13.8 Å². The molecule has 20 heteroatoms. The molecular formula is C31H38F3N5O12. The van der Waals surface area contributed by atoms with Gasteiger partial charge in [-0.3, -0.25) is 33.6 Å². The number of carboxylic acids is 2. The van der Waals surface area contributed by atoms with Crippen molar-refractivity contribution in [3.63, 3.8) is 0 Å². The van der Waals surface area contributed by atoms with E-state index in [0.29, 0.717) is 6.42 Å². The molecule has 0 saturated heterocycles. The summed E-state index contributed by atoms with van der Waals surface area (Å²) in [4.78, 5) is 98.9. The molecule has 17 nitrogen and oxygen atoms in total. The van der Waals surface area contributed by atoms with Gasteiger partial charge >= 0.3 is 23.7 Å². The zero-order valence-electron chi connectivity index (χ0n) is 27.8. The number of benzene rings is 1. The fourth-order valence-corrected chi connectivity index (χ4v) is 4.73. The third-order valence-electron chi connectivity index (χ3n) is 7.53. The number of fused-ring (bicyclic) bond motifs is 1. The fraction of sp³-hybridized carbons (Fsp3) is 0.484. The SMILES string of the molecule is CC[C@H](C)[C@H](NC(C)=O)C(=O)N[C@@H](CCC(=O)O)C(=O)N[C@@H](C(=O)N[C@@H](CC(=O)O)C(=O)Nc1ccc2c(C(F)(F)F)cc(=O)oc2c1)[C@@H](C)O. The van der Waals surface area contributed by atoms with Crippen LogP contribution in [0.5, 0.6) is 0 Å². The molecule has 0 bridgehead atoms. The van der Waals surface area contributed by atoms with E-state index in [1.165, 1.54) is 0 Å². The lowest BCUT2D eigenvalue weighted by Gasteiger charge is -2.28. The number of aliphatic hydroxyl groups is 1. The first kappa shape index (κ1) is 41.6. The smallest absolute Gasteiger partial charge is 0.417 e. The molecule has 0 unspecified atom stereocenters. The lowest BCUT2D eigenvalue weighted by Crippen LogP contribution is -2.61. The van der Waals surface area contributed by atoms with Crippen LogP contribution in [0.4, 0.5) is 18.9 Å². The molecule has 0 aliphatic heterocycles. The Kier molecular flexibility index (Phi) is 14.6. The number of rotatable bonds is 17. The van der Waals surface area contributed by atoms with Crippen LogP contribution in [-0.2, 0) is 39.7 Å². The monoisotopic (exact) mass is 729 g/mol. The molecule has 2 rings (SSSR count). The minimum absolute atomic E-state index is 0.244. The third-order valence-corrected chi connectivity index (χ3v) is 7.53. The number of carbonyl (C=O) groups is 7. The van der Waals surface area contributed by atoms with Gasteiger partial charge in [0.05, 0.1) is 18.1 Å². The summed E-state index contributed by atoms with van der Waals surface area (Å²) in [6, 6.07) is -3.54. The Hall–Kier alpha value is -5.53. The minimum Gasteiger partial charge on any atom is -0.481 e. The summed E-state index contributed by atoms with van der Waals surface area (Å²) in [7, 11) is 0. The van der Waals surface area contributed by atoms with Crippen molar-refractivity contribution in [1.82, 2.24) is 21.3 Å². The maximum Gasteiger partial charge on any atom is 0.417 e. The van der Waals surface area contributed by atoms with Crippen molar-refractivity contribution < 1.29 is 66.5 Å². The van der Waals surface area contributed by atoms with E-state index >= 15 is 0 Å². The highest BCUT2D eigenvalue weighted by Gasteiger charge is 2.36. The number of aliphatic carboxylic acids is 2. The molecule has 1 heterocycles. The number of anilines is 1. The Balaban J connectivity index is 2.32. The van der Waals surface area contributed by atoms with Crippen molar-refractivity contribution in [2.75, 3.05) is 5.32 Å². The summed E-state index contributed by atoms with van der Waals surface area (Å²) in [6.07, 6.45) is -8.39. The van der Waals surface area contributed by atoms with Crippen LogP contribution < -0.4 is 32.2 Å². The standard InChI is InChI=1S/C31H38F3N5O12/c1-5-13(2)25(35-15(4)41)29(49)37-19(8-9-22(42)43)27(47)39-26(14(3)40)30(50)38-20(12-23(44)45)28(48)36-16-6-7-17-18(31(32,33)34)11-24(46)51-21(17)10-16/h6-7,10-11,13-14,19-20,25-26,40H,5,8-9,12H2,1-4H3,(H,35,41)(H,36,48)(H,37,49)(H,38,50)(H,39,47)(H,42,43)(H,44,45)/t13-,14+,19-,20-,25-,26+/m0/s1. The first-order chi connectivity index (χ1) is 23.6. The summed E-state index contributed by atoms with van der Waals surface area (Å²) in [5.74, 6) is -8.42. The van der Waals surface area contributed by atoms with Crippen LogP contribution in [0.2, 0.25) is 0 Å². The highest BCUT2D eigenvalue weighted by Crippen LogP contribution is 2.34. The Labute approximate surface area is 287 Å². The zero-order valence-corrected chi connectivity index (χ0v) is 27.8. The maximum atomic E-state index is 13.4. The normalized spacial score (nSPS) is 14.9. The number of carboxylic acid groups (broad SMARTS) is 2. The van der Waals surface area contributed by atoms with E-state index in [-0.39, 0.29) is 11.8 Å². The van der Waals surface area contributed by atoms with Gasteiger partial charge in [0, 0.05) is 36.6 Å². The van der Waals surface area contributed by atoms with Gasteiger partial charge in [0.25, 0.3) is 0 Å². The van der Waals surface area contributed by atoms with Gasteiger partial charge in [-0.1, -0.05) is 20.3 Å². The van der Waals surface area contributed by atoms with Crippen molar-refractivity contribution in [3.8, 4) is 0 Å². The molecule has 51 heavy (non-hydrogen) atoms. The van der Waals surface area contributed by atoms with E-state index in [0.717, 1.165) is 32.0 Å². The van der Waals surface area contributed by atoms with Gasteiger partial charge in [0.1, 0.15) is 29.8 Å². The third kappa shape index (κ3) is 12.4. The first-order valence-electron chi connectivity index (χ1n) is 15.4. The topological polar surface area (TPSA) is 271 Å². The van der Waals surface area contributed by atoms with E-state index < -0.39 is 125 Å². The second-order valence-corrected chi connectivity index (χ2v) is 11.6. The molecular weight excluding hydrogens is 691 g/mol. The van der Waals surface area contributed by atoms with E-state index in [4.69, 9.17) is 4.42 Å². The number of carbonyl (C=O) groups excluding carboxylic acids is 5. The van der Waals surface area contributed by atoms with Crippen LogP contribution in [0.25, 0.3) is 11.0 Å². The Morgan fingerprint density at radius 2 is 1.43 bits per heavy atom. The van der Waals surface area contributed by atoms with Crippen LogP contribution in [0, 0.1) is 5.92 Å². The van der Waals surface area contributed by atoms with Gasteiger partial charge < -0.3 is 46.3 Å². The van der Waals surface area contributed by atoms with Crippen molar-refractivity contribution in [2.45, 2.75) is 89.8 Å². The molecule has 6 atom stereocenters. The van der Waals surface area contributed by atoms with Gasteiger partial charge in [-0.25, -0.2) is 4.79 Å². The van der Waals surface area contributed by atoms with Crippen LogP contribution >= 0.6 is 0 Å². The summed E-state index contributed by atoms with van der Waals surface area (Å²) in [6.45, 7) is 5.59. The van der Waals surface area contributed by atoms with Gasteiger partial charge in [-0.2, -0.15) is 13.2 Å². The van der Waals surface area contributed by atoms with Crippen molar-refractivity contribution in [1.29, 1.82) is 0 Å². The molecule has 280 valence electrons. The van der Waals surface area contributed by atoms with Gasteiger partial charge in [-0.15, -0.1) is 0 Å². The average Bonchev–Trinajstić information content (AvgIpc) is 3.01. The predicted molar refractivity (Wildman–Crippen MR) is 170 cm³/mol. The average molecular weight is 730 g/mol. The highest BCUT2D eigenvalue weighted by molar-refractivity contribution is 6.01. The number of aliphatic hydroxyl groups excluding tert-OH is 1. The molecule has 0 saturated carbocycles. The first-order valence-corrected chi connectivity index (χ1v) is 15.4. The Morgan fingerprint density at radius 1 is 0.824 bits per heavy atom. The van der Waals surface area contributed by atoms with Crippen LogP contribution in [0.1, 0.15) is 58.9 Å². The number of amides is 5. The van der Waals surface area contributed by atoms with Crippen LogP contribution in [0.3, 0.4) is 0 Å². The summed E-state index contributed by atoms with van der Waals surface area (Å²) >= 11 is 0. The second-order valence-electron chi connectivity index (χ2n) is 11.6. The number of nitrogens with one attached hydrogen (secondary N) is 5. The number of alkyl halides is 3. The largest absolute Gasteiger partial charge is 0.481 e.